The number of furan rings is 1. The average molecular weight is 338 g/mol. The molecule has 2 heterocycles. The van der Waals surface area contributed by atoms with E-state index >= 15 is 0 Å². The maximum atomic E-state index is 9.70. The standard InChI is InChI=1S/C18H12ClN3O2/c1-10-12(8-20)17(11-4-5-15(23)14(19)7-11)13(9-21)18(22-10)16-3-2-6-24-16/h2-7,12,17,23H,1H3. The maximum absolute atomic E-state index is 9.70. The van der Waals surface area contributed by atoms with Crippen molar-refractivity contribution in [3.63, 3.8) is 0 Å². The van der Waals surface area contributed by atoms with Crippen molar-refractivity contribution in [1.82, 2.24) is 0 Å². The highest BCUT2D eigenvalue weighted by atomic mass is 35.5. The summed E-state index contributed by atoms with van der Waals surface area (Å²) in [6.07, 6.45) is 1.50. The minimum Gasteiger partial charge on any atom is -0.506 e. The first-order chi connectivity index (χ1) is 11.6. The van der Waals surface area contributed by atoms with Crippen molar-refractivity contribution in [1.29, 1.82) is 10.5 Å². The molecule has 1 N–H and O–H groups in total. The van der Waals surface area contributed by atoms with Crippen molar-refractivity contribution in [2.45, 2.75) is 12.8 Å². The van der Waals surface area contributed by atoms with E-state index in [1.54, 1.807) is 31.2 Å². The van der Waals surface area contributed by atoms with E-state index < -0.39 is 11.8 Å². The number of phenols is 1. The zero-order valence-corrected chi connectivity index (χ0v) is 13.4. The number of nitrogens with zero attached hydrogens (tertiary/aromatic N) is 3. The van der Waals surface area contributed by atoms with Gasteiger partial charge < -0.3 is 9.52 Å². The molecular weight excluding hydrogens is 326 g/mol. The summed E-state index contributed by atoms with van der Waals surface area (Å²) < 4.78 is 5.38. The highest BCUT2D eigenvalue weighted by Crippen LogP contribution is 2.42. The van der Waals surface area contributed by atoms with Crippen molar-refractivity contribution in [3.05, 3.63) is 58.5 Å². The number of aromatic hydroxyl groups is 1. The van der Waals surface area contributed by atoms with Crippen molar-refractivity contribution in [3.8, 4) is 17.9 Å². The predicted octanol–water partition coefficient (Wildman–Crippen LogP) is 4.27. The van der Waals surface area contributed by atoms with E-state index in [-0.39, 0.29) is 10.8 Å². The van der Waals surface area contributed by atoms with Gasteiger partial charge in [0.1, 0.15) is 11.4 Å². The molecule has 0 fully saturated rings. The summed E-state index contributed by atoms with van der Waals surface area (Å²) in [5.41, 5.74) is 2.01. The van der Waals surface area contributed by atoms with Crippen LogP contribution in [0.25, 0.3) is 5.70 Å². The lowest BCUT2D eigenvalue weighted by atomic mass is 9.76. The van der Waals surface area contributed by atoms with Gasteiger partial charge in [0.25, 0.3) is 0 Å². The van der Waals surface area contributed by atoms with Crippen LogP contribution >= 0.6 is 11.6 Å². The highest BCUT2D eigenvalue weighted by molar-refractivity contribution is 6.32. The summed E-state index contributed by atoms with van der Waals surface area (Å²) in [5, 5.41) is 29.1. The van der Waals surface area contributed by atoms with E-state index in [9.17, 15) is 15.6 Å². The second-order valence-electron chi connectivity index (χ2n) is 5.40. The van der Waals surface area contributed by atoms with Crippen LogP contribution in [0.5, 0.6) is 5.75 Å². The van der Waals surface area contributed by atoms with Gasteiger partial charge in [-0.3, -0.25) is 4.99 Å². The minimum atomic E-state index is -0.598. The molecule has 118 valence electrons. The third-order valence-electron chi connectivity index (χ3n) is 3.98. The zero-order valence-electron chi connectivity index (χ0n) is 12.7. The van der Waals surface area contributed by atoms with Gasteiger partial charge in [0.05, 0.1) is 34.9 Å². The second kappa shape index (κ2) is 6.23. The van der Waals surface area contributed by atoms with Crippen molar-refractivity contribution < 1.29 is 9.52 Å². The largest absolute Gasteiger partial charge is 0.506 e. The first kappa shape index (κ1) is 15.9. The van der Waals surface area contributed by atoms with Crippen molar-refractivity contribution >= 4 is 23.0 Å². The van der Waals surface area contributed by atoms with Gasteiger partial charge >= 0.3 is 0 Å². The van der Waals surface area contributed by atoms with Gasteiger partial charge in [-0.15, -0.1) is 0 Å². The third-order valence-corrected chi connectivity index (χ3v) is 4.29. The van der Waals surface area contributed by atoms with E-state index in [2.05, 4.69) is 17.1 Å². The van der Waals surface area contributed by atoms with E-state index in [0.29, 0.717) is 28.3 Å². The van der Waals surface area contributed by atoms with Crippen molar-refractivity contribution in [2.24, 2.45) is 10.9 Å². The molecule has 2 atom stereocenters. The third kappa shape index (κ3) is 2.56. The number of rotatable bonds is 2. The van der Waals surface area contributed by atoms with Crippen LogP contribution in [0.1, 0.15) is 24.2 Å². The summed E-state index contributed by atoms with van der Waals surface area (Å²) in [6.45, 7) is 1.75. The van der Waals surface area contributed by atoms with Gasteiger partial charge in [0, 0.05) is 11.6 Å². The molecule has 1 aromatic carbocycles. The van der Waals surface area contributed by atoms with Crippen molar-refractivity contribution in [2.75, 3.05) is 0 Å². The molecule has 0 spiro atoms. The van der Waals surface area contributed by atoms with Gasteiger partial charge in [0.15, 0.2) is 5.76 Å². The topological polar surface area (TPSA) is 93.3 Å². The number of hydrogen-bond donors (Lipinski definition) is 1. The Labute approximate surface area is 143 Å². The number of aliphatic imine (C=N–C) groups is 1. The molecule has 1 aliphatic heterocycles. The molecule has 0 aliphatic carbocycles. The van der Waals surface area contributed by atoms with Crippen LogP contribution in [0.3, 0.4) is 0 Å². The number of halogens is 1. The van der Waals surface area contributed by atoms with Crippen LogP contribution in [0, 0.1) is 28.6 Å². The Hall–Kier alpha value is -3.02. The fourth-order valence-electron chi connectivity index (χ4n) is 2.83. The Morgan fingerprint density at radius 1 is 1.29 bits per heavy atom. The SMILES string of the molecule is CC1=NC(c2ccco2)=C(C#N)C(c2ccc(O)c(Cl)c2)C1C#N. The molecule has 0 bridgehead atoms. The molecule has 24 heavy (non-hydrogen) atoms. The normalized spacial score (nSPS) is 20.2. The monoisotopic (exact) mass is 337 g/mol. The van der Waals surface area contributed by atoms with E-state index in [1.807, 2.05) is 0 Å². The lowest BCUT2D eigenvalue weighted by molar-refractivity contribution is 0.475. The Balaban J connectivity index is 2.24. The summed E-state index contributed by atoms with van der Waals surface area (Å²) in [6, 6.07) is 12.5. The number of benzene rings is 1. The molecule has 2 unspecified atom stereocenters. The Morgan fingerprint density at radius 2 is 2.08 bits per heavy atom. The van der Waals surface area contributed by atoms with Crippen LogP contribution in [0.4, 0.5) is 0 Å². The smallest absolute Gasteiger partial charge is 0.153 e. The summed E-state index contributed by atoms with van der Waals surface area (Å²) >= 11 is 6.01. The molecule has 2 aromatic rings. The summed E-state index contributed by atoms with van der Waals surface area (Å²) in [4.78, 5) is 4.42. The zero-order chi connectivity index (χ0) is 17.3. The van der Waals surface area contributed by atoms with Gasteiger partial charge in [-0.1, -0.05) is 17.7 Å². The molecule has 0 amide bonds. The first-order valence-electron chi connectivity index (χ1n) is 7.18. The molecular formula is C18H12ClN3O2. The Morgan fingerprint density at radius 3 is 2.67 bits per heavy atom. The number of phenolic OH excluding ortho intramolecular Hbond substituents is 1. The predicted molar refractivity (Wildman–Crippen MR) is 89.3 cm³/mol. The summed E-state index contributed by atoms with van der Waals surface area (Å²) in [5.74, 6) is -0.712. The Kier molecular flexibility index (Phi) is 4.12. The Bertz CT molecular complexity index is 930. The number of allylic oxidation sites excluding steroid dienone is 1. The lowest BCUT2D eigenvalue weighted by Gasteiger charge is -2.27. The van der Waals surface area contributed by atoms with Crippen LogP contribution in [0.15, 0.2) is 51.6 Å². The number of hydrogen-bond acceptors (Lipinski definition) is 5. The van der Waals surface area contributed by atoms with Crippen LogP contribution in [0.2, 0.25) is 5.02 Å². The van der Waals surface area contributed by atoms with E-state index in [0.717, 1.165) is 0 Å². The molecule has 1 aromatic heterocycles. The average Bonchev–Trinajstić information content (AvgIpc) is 3.10. The van der Waals surface area contributed by atoms with Crippen LogP contribution in [-0.4, -0.2) is 10.8 Å². The van der Waals surface area contributed by atoms with Gasteiger partial charge in [0.2, 0.25) is 0 Å². The minimum absolute atomic E-state index is 0.0520. The van der Waals surface area contributed by atoms with Gasteiger partial charge in [-0.05, 0) is 36.8 Å². The fourth-order valence-corrected chi connectivity index (χ4v) is 3.02. The fraction of sp³-hybridized carbons (Fsp3) is 0.167. The van der Waals surface area contributed by atoms with E-state index in [1.165, 1.54) is 12.3 Å². The van der Waals surface area contributed by atoms with E-state index in [4.69, 9.17) is 16.0 Å². The first-order valence-corrected chi connectivity index (χ1v) is 7.56. The maximum Gasteiger partial charge on any atom is 0.153 e. The lowest BCUT2D eigenvalue weighted by Crippen LogP contribution is -2.24. The quantitative estimate of drug-likeness (QED) is 0.885. The molecule has 5 nitrogen and oxygen atoms in total. The molecule has 3 rings (SSSR count). The molecule has 0 saturated heterocycles. The molecule has 1 aliphatic rings. The summed E-state index contributed by atoms with van der Waals surface area (Å²) in [7, 11) is 0. The van der Waals surface area contributed by atoms with Gasteiger partial charge in [-0.25, -0.2) is 0 Å². The van der Waals surface area contributed by atoms with Crippen LogP contribution in [-0.2, 0) is 0 Å². The highest BCUT2D eigenvalue weighted by Gasteiger charge is 2.36. The molecule has 0 radical (unpaired) electrons. The molecule has 6 heteroatoms. The second-order valence-corrected chi connectivity index (χ2v) is 5.81. The van der Waals surface area contributed by atoms with Crippen LogP contribution < -0.4 is 0 Å². The number of nitriles is 2. The molecule has 0 saturated carbocycles. The van der Waals surface area contributed by atoms with Gasteiger partial charge in [-0.2, -0.15) is 10.5 Å².